The van der Waals surface area contributed by atoms with Crippen LogP contribution in [0.2, 0.25) is 0 Å². The lowest BCUT2D eigenvalue weighted by Gasteiger charge is -2.04. The maximum atomic E-state index is 5.38. The molecule has 0 amide bonds. The van der Waals surface area contributed by atoms with E-state index >= 15 is 0 Å². The molecule has 4 heteroatoms. The first-order valence-corrected chi connectivity index (χ1v) is 5.95. The van der Waals surface area contributed by atoms with Crippen LogP contribution in [0.5, 0.6) is 11.5 Å². The number of ether oxygens (including phenoxy) is 2. The Balaban J connectivity index is 2.14. The summed E-state index contributed by atoms with van der Waals surface area (Å²) in [4.78, 5) is 4.49. The van der Waals surface area contributed by atoms with Gasteiger partial charge in [0.25, 0.3) is 0 Å². The quantitative estimate of drug-likeness (QED) is 0.758. The molecule has 0 spiro atoms. The van der Waals surface area contributed by atoms with Crippen molar-refractivity contribution in [2.75, 3.05) is 6.79 Å². The summed E-state index contributed by atoms with van der Waals surface area (Å²) < 4.78 is 10.7. The molecular formula is C12H11NO2S. The molecule has 0 saturated heterocycles. The monoisotopic (exact) mass is 233 g/mol. The number of nitrogens with zero attached hydrogens (tertiary/aromatic N) is 1. The molecular weight excluding hydrogens is 222 g/mol. The van der Waals surface area contributed by atoms with Crippen LogP contribution < -0.4 is 9.47 Å². The lowest BCUT2D eigenvalue weighted by atomic mass is 10.1. The summed E-state index contributed by atoms with van der Waals surface area (Å²) in [5, 5.41) is 3.15. The Morgan fingerprint density at radius 2 is 1.94 bits per heavy atom. The van der Waals surface area contributed by atoms with E-state index in [0.29, 0.717) is 6.79 Å². The fourth-order valence-corrected chi connectivity index (χ4v) is 2.42. The summed E-state index contributed by atoms with van der Waals surface area (Å²) in [5.41, 5.74) is 3.29. The minimum atomic E-state index is 0.314. The third kappa shape index (κ3) is 1.46. The van der Waals surface area contributed by atoms with Gasteiger partial charge in [-0.05, 0) is 31.5 Å². The Labute approximate surface area is 97.7 Å². The highest BCUT2D eigenvalue weighted by Crippen LogP contribution is 2.38. The zero-order valence-electron chi connectivity index (χ0n) is 9.11. The summed E-state index contributed by atoms with van der Waals surface area (Å²) in [6.07, 6.45) is 0. The zero-order valence-corrected chi connectivity index (χ0v) is 9.93. The molecule has 3 rings (SSSR count). The fraction of sp³-hybridized carbons (Fsp3) is 0.250. The zero-order chi connectivity index (χ0) is 11.1. The first kappa shape index (κ1) is 9.66. The van der Waals surface area contributed by atoms with Crippen molar-refractivity contribution in [1.82, 2.24) is 4.98 Å². The second-order valence-electron chi connectivity index (χ2n) is 3.77. The molecule has 2 heterocycles. The van der Waals surface area contributed by atoms with Gasteiger partial charge in [0.15, 0.2) is 11.5 Å². The van der Waals surface area contributed by atoms with Gasteiger partial charge in [0.2, 0.25) is 6.79 Å². The van der Waals surface area contributed by atoms with Crippen molar-refractivity contribution in [3.8, 4) is 22.8 Å². The van der Waals surface area contributed by atoms with Crippen molar-refractivity contribution >= 4 is 11.3 Å². The van der Waals surface area contributed by atoms with E-state index in [-0.39, 0.29) is 0 Å². The second-order valence-corrected chi connectivity index (χ2v) is 4.83. The van der Waals surface area contributed by atoms with E-state index in [1.165, 1.54) is 0 Å². The van der Waals surface area contributed by atoms with Gasteiger partial charge in [0, 0.05) is 10.9 Å². The van der Waals surface area contributed by atoms with Crippen LogP contribution in [0.15, 0.2) is 17.5 Å². The number of aryl methyl sites for hydroxylation is 2. The first-order chi connectivity index (χ1) is 7.74. The van der Waals surface area contributed by atoms with Crippen molar-refractivity contribution < 1.29 is 9.47 Å². The van der Waals surface area contributed by atoms with Crippen LogP contribution in [0, 0.1) is 13.8 Å². The molecule has 1 aromatic heterocycles. The van der Waals surface area contributed by atoms with Crippen LogP contribution in [-0.4, -0.2) is 11.8 Å². The molecule has 3 nitrogen and oxygen atoms in total. The third-order valence-electron chi connectivity index (χ3n) is 2.61. The summed E-state index contributed by atoms with van der Waals surface area (Å²) in [5.74, 6) is 1.64. The average molecular weight is 233 g/mol. The van der Waals surface area contributed by atoms with E-state index in [4.69, 9.17) is 9.47 Å². The molecule has 82 valence electrons. The predicted octanol–water partition coefficient (Wildman–Crippen LogP) is 3.16. The van der Waals surface area contributed by atoms with Crippen molar-refractivity contribution in [2.45, 2.75) is 13.8 Å². The molecule has 0 atom stereocenters. The van der Waals surface area contributed by atoms with E-state index in [2.05, 4.69) is 17.3 Å². The van der Waals surface area contributed by atoms with Crippen molar-refractivity contribution in [3.63, 3.8) is 0 Å². The molecule has 2 aromatic rings. The van der Waals surface area contributed by atoms with Gasteiger partial charge in [-0.2, -0.15) is 0 Å². The van der Waals surface area contributed by atoms with Crippen LogP contribution >= 0.6 is 11.3 Å². The minimum Gasteiger partial charge on any atom is -0.454 e. The second kappa shape index (κ2) is 3.49. The number of rotatable bonds is 1. The topological polar surface area (TPSA) is 31.4 Å². The number of hydrogen-bond acceptors (Lipinski definition) is 4. The number of thiazole rings is 1. The average Bonchev–Trinajstić information content (AvgIpc) is 2.84. The van der Waals surface area contributed by atoms with Gasteiger partial charge in [0.1, 0.15) is 0 Å². The lowest BCUT2D eigenvalue weighted by molar-refractivity contribution is 0.174. The van der Waals surface area contributed by atoms with Gasteiger partial charge in [-0.1, -0.05) is 0 Å². The van der Waals surface area contributed by atoms with Crippen LogP contribution in [0.25, 0.3) is 11.3 Å². The Morgan fingerprint density at radius 3 is 2.62 bits per heavy atom. The summed E-state index contributed by atoms with van der Waals surface area (Å²) in [6, 6.07) is 4.01. The Morgan fingerprint density at radius 1 is 1.19 bits per heavy atom. The summed E-state index contributed by atoms with van der Waals surface area (Å²) in [6.45, 7) is 4.39. The number of hydrogen-bond donors (Lipinski definition) is 0. The Kier molecular flexibility index (Phi) is 2.11. The molecule has 0 saturated carbocycles. The smallest absolute Gasteiger partial charge is 0.231 e. The van der Waals surface area contributed by atoms with E-state index in [0.717, 1.165) is 33.3 Å². The summed E-state index contributed by atoms with van der Waals surface area (Å²) >= 11 is 1.66. The maximum Gasteiger partial charge on any atom is 0.231 e. The molecule has 0 bridgehead atoms. The Bertz CT molecular complexity index is 548. The minimum absolute atomic E-state index is 0.314. The molecule has 0 N–H and O–H groups in total. The predicted molar refractivity (Wildman–Crippen MR) is 63.1 cm³/mol. The lowest BCUT2D eigenvalue weighted by Crippen LogP contribution is -1.92. The first-order valence-electron chi connectivity index (χ1n) is 5.07. The van der Waals surface area contributed by atoms with Crippen molar-refractivity contribution in [3.05, 3.63) is 28.1 Å². The molecule has 1 aliphatic rings. The largest absolute Gasteiger partial charge is 0.454 e. The number of fused-ring (bicyclic) bond motifs is 1. The standard InChI is InChI=1S/C12H11NO2S/c1-7-3-11-12(15-6-14-11)4-9(7)10-5-16-8(2)13-10/h3-5H,6H2,1-2H3. The van der Waals surface area contributed by atoms with Gasteiger partial charge < -0.3 is 9.47 Å². The van der Waals surface area contributed by atoms with E-state index < -0.39 is 0 Å². The SMILES string of the molecule is Cc1nc(-c2cc3c(cc2C)OCO3)cs1. The van der Waals surface area contributed by atoms with Gasteiger partial charge >= 0.3 is 0 Å². The molecule has 16 heavy (non-hydrogen) atoms. The Hall–Kier alpha value is -1.55. The van der Waals surface area contributed by atoms with Crippen LogP contribution in [0.3, 0.4) is 0 Å². The van der Waals surface area contributed by atoms with Crippen molar-refractivity contribution in [2.24, 2.45) is 0 Å². The highest BCUT2D eigenvalue weighted by Gasteiger charge is 2.17. The maximum absolute atomic E-state index is 5.38. The molecule has 1 aliphatic heterocycles. The van der Waals surface area contributed by atoms with E-state index in [1.54, 1.807) is 11.3 Å². The van der Waals surface area contributed by atoms with Gasteiger partial charge in [-0.3, -0.25) is 0 Å². The van der Waals surface area contributed by atoms with Crippen molar-refractivity contribution in [1.29, 1.82) is 0 Å². The van der Waals surface area contributed by atoms with Crippen LogP contribution in [-0.2, 0) is 0 Å². The third-order valence-corrected chi connectivity index (χ3v) is 3.39. The normalized spacial score (nSPS) is 13.1. The highest BCUT2D eigenvalue weighted by atomic mass is 32.1. The van der Waals surface area contributed by atoms with E-state index in [1.807, 2.05) is 19.1 Å². The molecule has 0 aliphatic carbocycles. The number of aromatic nitrogens is 1. The molecule has 0 unspecified atom stereocenters. The molecule has 0 fully saturated rings. The van der Waals surface area contributed by atoms with Crippen LogP contribution in [0.4, 0.5) is 0 Å². The summed E-state index contributed by atoms with van der Waals surface area (Å²) in [7, 11) is 0. The van der Waals surface area contributed by atoms with Crippen LogP contribution in [0.1, 0.15) is 10.6 Å². The molecule has 0 radical (unpaired) electrons. The van der Waals surface area contributed by atoms with E-state index in [9.17, 15) is 0 Å². The molecule has 1 aromatic carbocycles. The fourth-order valence-electron chi connectivity index (χ4n) is 1.81. The van der Waals surface area contributed by atoms with Gasteiger partial charge in [0.05, 0.1) is 10.7 Å². The number of benzene rings is 1. The van der Waals surface area contributed by atoms with Gasteiger partial charge in [-0.25, -0.2) is 4.98 Å². The highest BCUT2D eigenvalue weighted by molar-refractivity contribution is 7.09. The van der Waals surface area contributed by atoms with Gasteiger partial charge in [-0.15, -0.1) is 11.3 Å².